The lowest BCUT2D eigenvalue weighted by Gasteiger charge is -2.04. The first-order chi connectivity index (χ1) is 8.08. The molecule has 0 unspecified atom stereocenters. The van der Waals surface area contributed by atoms with E-state index >= 15 is 0 Å². The van der Waals surface area contributed by atoms with E-state index < -0.39 is 5.97 Å². The van der Waals surface area contributed by atoms with Crippen molar-refractivity contribution in [1.82, 2.24) is 15.0 Å². The highest BCUT2D eigenvalue weighted by Gasteiger charge is 2.16. The summed E-state index contributed by atoms with van der Waals surface area (Å²) in [6.45, 7) is 4.06. The number of hydrogen-bond donors (Lipinski definition) is 1. The molecule has 0 aliphatic carbocycles. The predicted molar refractivity (Wildman–Crippen MR) is 62.0 cm³/mol. The number of aromatic nitrogens is 3. The normalized spacial score (nSPS) is 10.5. The van der Waals surface area contributed by atoms with Gasteiger partial charge < -0.3 is 5.11 Å². The molecule has 0 saturated heterocycles. The van der Waals surface area contributed by atoms with Crippen LogP contribution in [0.3, 0.4) is 0 Å². The quantitative estimate of drug-likeness (QED) is 0.871. The van der Waals surface area contributed by atoms with Gasteiger partial charge in [-0.3, -0.25) is 0 Å². The summed E-state index contributed by atoms with van der Waals surface area (Å²) in [5.41, 5.74) is 2.73. The third kappa shape index (κ3) is 2.33. The lowest BCUT2D eigenvalue weighted by Crippen LogP contribution is -2.12. The van der Waals surface area contributed by atoms with Crippen LogP contribution in [0.2, 0.25) is 0 Å². The van der Waals surface area contributed by atoms with Crippen molar-refractivity contribution in [3.05, 3.63) is 46.8 Å². The second-order valence-electron chi connectivity index (χ2n) is 3.98. The average molecular weight is 231 g/mol. The molecule has 17 heavy (non-hydrogen) atoms. The number of carboxylic acids is 1. The number of nitrogens with zero attached hydrogens (tertiary/aromatic N) is 3. The fourth-order valence-corrected chi connectivity index (χ4v) is 1.76. The van der Waals surface area contributed by atoms with E-state index in [1.165, 1.54) is 4.68 Å². The van der Waals surface area contributed by atoms with E-state index in [1.807, 2.05) is 31.2 Å². The fraction of sp³-hybridized carbons (Fsp3) is 0.250. The Labute approximate surface area is 98.7 Å². The number of aromatic carboxylic acids is 1. The molecule has 1 heterocycles. The van der Waals surface area contributed by atoms with Crippen molar-refractivity contribution in [2.75, 3.05) is 0 Å². The largest absolute Gasteiger partial charge is 0.476 e. The van der Waals surface area contributed by atoms with Crippen LogP contribution >= 0.6 is 0 Å². The van der Waals surface area contributed by atoms with Gasteiger partial charge in [-0.1, -0.05) is 35.0 Å². The van der Waals surface area contributed by atoms with Crippen LogP contribution in [0, 0.1) is 13.8 Å². The Bertz CT molecular complexity index is 561. The molecule has 0 bridgehead atoms. The molecule has 5 heteroatoms. The lowest BCUT2D eigenvalue weighted by atomic mass is 10.1. The minimum absolute atomic E-state index is 0.145. The van der Waals surface area contributed by atoms with E-state index in [0.29, 0.717) is 12.2 Å². The van der Waals surface area contributed by atoms with Crippen LogP contribution in [0.15, 0.2) is 24.3 Å². The van der Waals surface area contributed by atoms with Crippen molar-refractivity contribution in [2.24, 2.45) is 0 Å². The minimum Gasteiger partial charge on any atom is -0.476 e. The van der Waals surface area contributed by atoms with Gasteiger partial charge in [-0.2, -0.15) is 0 Å². The van der Waals surface area contributed by atoms with Crippen LogP contribution in [-0.2, 0) is 6.54 Å². The Morgan fingerprint density at radius 3 is 2.82 bits per heavy atom. The summed E-state index contributed by atoms with van der Waals surface area (Å²) in [6, 6.07) is 7.88. The Balaban J connectivity index is 2.33. The molecule has 1 aromatic carbocycles. The van der Waals surface area contributed by atoms with E-state index in [9.17, 15) is 4.79 Å². The molecule has 0 atom stereocenters. The summed E-state index contributed by atoms with van der Waals surface area (Å²) in [6.07, 6.45) is 0. The number of hydrogen-bond acceptors (Lipinski definition) is 3. The molecule has 0 amide bonds. The number of carbonyl (C=O) groups is 1. The molecule has 0 saturated carbocycles. The molecule has 2 aromatic rings. The topological polar surface area (TPSA) is 68.0 Å². The third-order valence-electron chi connectivity index (χ3n) is 2.52. The SMILES string of the molecule is Cc1cccc(Cn2nnc(C)c2C(=O)O)c1. The minimum atomic E-state index is -1.000. The number of rotatable bonds is 3. The second kappa shape index (κ2) is 4.37. The summed E-state index contributed by atoms with van der Waals surface area (Å²) < 4.78 is 1.41. The number of benzene rings is 1. The first-order valence-corrected chi connectivity index (χ1v) is 5.27. The van der Waals surface area contributed by atoms with Crippen molar-refractivity contribution < 1.29 is 9.90 Å². The number of carboxylic acid groups (broad SMARTS) is 1. The molecular weight excluding hydrogens is 218 g/mol. The maximum atomic E-state index is 11.1. The van der Waals surface area contributed by atoms with Crippen LogP contribution in [0.5, 0.6) is 0 Å². The molecule has 0 aliphatic rings. The molecule has 0 radical (unpaired) electrons. The maximum absolute atomic E-state index is 11.1. The first kappa shape index (κ1) is 11.3. The van der Waals surface area contributed by atoms with Gasteiger partial charge in [-0.25, -0.2) is 9.48 Å². The van der Waals surface area contributed by atoms with Crippen molar-refractivity contribution in [3.8, 4) is 0 Å². The molecular formula is C12H13N3O2. The zero-order valence-electron chi connectivity index (χ0n) is 9.71. The Morgan fingerprint density at radius 2 is 2.18 bits per heavy atom. The highest BCUT2D eigenvalue weighted by atomic mass is 16.4. The second-order valence-corrected chi connectivity index (χ2v) is 3.98. The smallest absolute Gasteiger partial charge is 0.356 e. The molecule has 1 aromatic heterocycles. The van der Waals surface area contributed by atoms with Crippen LogP contribution in [-0.4, -0.2) is 26.1 Å². The highest BCUT2D eigenvalue weighted by molar-refractivity contribution is 5.86. The number of aryl methyl sites for hydroxylation is 2. The Morgan fingerprint density at radius 1 is 1.41 bits per heavy atom. The standard InChI is InChI=1S/C12H13N3O2/c1-8-4-3-5-10(6-8)7-15-11(12(16)17)9(2)13-14-15/h3-6H,7H2,1-2H3,(H,16,17). The zero-order chi connectivity index (χ0) is 12.4. The lowest BCUT2D eigenvalue weighted by molar-refractivity contribution is 0.0683. The van der Waals surface area contributed by atoms with Gasteiger partial charge in [0.15, 0.2) is 5.69 Å². The third-order valence-corrected chi connectivity index (χ3v) is 2.52. The predicted octanol–water partition coefficient (Wildman–Crippen LogP) is 1.64. The van der Waals surface area contributed by atoms with E-state index in [0.717, 1.165) is 11.1 Å². The average Bonchev–Trinajstić information content (AvgIpc) is 2.59. The van der Waals surface area contributed by atoms with E-state index in [-0.39, 0.29) is 5.69 Å². The van der Waals surface area contributed by atoms with Crippen LogP contribution in [0.1, 0.15) is 27.3 Å². The molecule has 0 spiro atoms. The van der Waals surface area contributed by atoms with Gasteiger partial charge in [0.2, 0.25) is 0 Å². The fourth-order valence-electron chi connectivity index (χ4n) is 1.76. The Kier molecular flexibility index (Phi) is 2.91. The van der Waals surface area contributed by atoms with Crippen LogP contribution in [0.4, 0.5) is 0 Å². The van der Waals surface area contributed by atoms with Gasteiger partial charge in [0.1, 0.15) is 0 Å². The molecule has 0 fully saturated rings. The molecule has 1 N–H and O–H groups in total. The van der Waals surface area contributed by atoms with Crippen molar-refractivity contribution >= 4 is 5.97 Å². The monoisotopic (exact) mass is 231 g/mol. The van der Waals surface area contributed by atoms with Gasteiger partial charge in [0.25, 0.3) is 0 Å². The Hall–Kier alpha value is -2.17. The van der Waals surface area contributed by atoms with E-state index in [2.05, 4.69) is 10.3 Å². The highest BCUT2D eigenvalue weighted by Crippen LogP contribution is 2.09. The van der Waals surface area contributed by atoms with Crippen molar-refractivity contribution in [1.29, 1.82) is 0 Å². The maximum Gasteiger partial charge on any atom is 0.356 e. The van der Waals surface area contributed by atoms with Crippen molar-refractivity contribution in [2.45, 2.75) is 20.4 Å². The van der Waals surface area contributed by atoms with Gasteiger partial charge in [-0.15, -0.1) is 5.10 Å². The molecule has 5 nitrogen and oxygen atoms in total. The summed E-state index contributed by atoms with van der Waals surface area (Å²) in [7, 11) is 0. The van der Waals surface area contributed by atoms with E-state index in [4.69, 9.17) is 5.11 Å². The first-order valence-electron chi connectivity index (χ1n) is 5.27. The summed E-state index contributed by atoms with van der Waals surface area (Å²) in [5.74, 6) is -1.000. The van der Waals surface area contributed by atoms with E-state index in [1.54, 1.807) is 6.92 Å². The molecule has 0 aliphatic heterocycles. The van der Waals surface area contributed by atoms with Crippen LogP contribution < -0.4 is 0 Å². The summed E-state index contributed by atoms with van der Waals surface area (Å²) >= 11 is 0. The van der Waals surface area contributed by atoms with Gasteiger partial charge in [0.05, 0.1) is 12.2 Å². The van der Waals surface area contributed by atoms with Gasteiger partial charge in [-0.05, 0) is 19.4 Å². The summed E-state index contributed by atoms with van der Waals surface area (Å²) in [4.78, 5) is 11.1. The van der Waals surface area contributed by atoms with Crippen LogP contribution in [0.25, 0.3) is 0 Å². The van der Waals surface area contributed by atoms with Crippen molar-refractivity contribution in [3.63, 3.8) is 0 Å². The van der Waals surface area contributed by atoms with Gasteiger partial charge in [0, 0.05) is 0 Å². The summed E-state index contributed by atoms with van der Waals surface area (Å²) in [5, 5.41) is 16.7. The zero-order valence-corrected chi connectivity index (χ0v) is 9.71. The molecule has 88 valence electrons. The molecule has 2 rings (SSSR count). The van der Waals surface area contributed by atoms with Gasteiger partial charge >= 0.3 is 5.97 Å².